The van der Waals surface area contributed by atoms with E-state index in [1.165, 1.54) is 0 Å². The molecule has 0 heterocycles. The fourth-order valence-corrected chi connectivity index (χ4v) is 2.61. The molecule has 0 aliphatic heterocycles. The second kappa shape index (κ2) is 7.28. The molecule has 0 unspecified atom stereocenters. The van der Waals surface area contributed by atoms with Crippen LogP contribution in [-0.4, -0.2) is 33.7 Å². The fraction of sp³-hybridized carbons (Fsp3) is 0.500. The van der Waals surface area contributed by atoms with Crippen molar-refractivity contribution in [3.63, 3.8) is 0 Å². The second-order valence-electron chi connectivity index (χ2n) is 4.64. The minimum atomic E-state index is -3.49. The Labute approximate surface area is 121 Å². The molecule has 20 heavy (non-hydrogen) atoms. The van der Waals surface area contributed by atoms with Crippen molar-refractivity contribution in [2.45, 2.75) is 26.7 Å². The SMILES string of the molecule is CCCNC(=O)CN(c1ccc(CC)cc1)S(C)(=O)=O. The average molecular weight is 298 g/mol. The van der Waals surface area contributed by atoms with Gasteiger partial charge >= 0.3 is 0 Å². The molecule has 1 aromatic rings. The first-order valence-electron chi connectivity index (χ1n) is 6.71. The van der Waals surface area contributed by atoms with Crippen LogP contribution in [0.25, 0.3) is 0 Å². The Bertz CT molecular complexity index is 538. The lowest BCUT2D eigenvalue weighted by molar-refractivity contribution is -0.119. The Morgan fingerprint density at radius 2 is 1.80 bits per heavy atom. The summed E-state index contributed by atoms with van der Waals surface area (Å²) in [4.78, 5) is 11.7. The highest BCUT2D eigenvalue weighted by atomic mass is 32.2. The lowest BCUT2D eigenvalue weighted by Crippen LogP contribution is -2.40. The number of aryl methyl sites for hydroxylation is 1. The number of rotatable bonds is 7. The minimum Gasteiger partial charge on any atom is -0.355 e. The standard InChI is InChI=1S/C14H22N2O3S/c1-4-10-15-14(17)11-16(20(3,18)19)13-8-6-12(5-2)7-9-13/h6-9H,4-5,10-11H2,1-3H3,(H,15,17). The summed E-state index contributed by atoms with van der Waals surface area (Å²) in [5.74, 6) is -0.295. The molecule has 1 N–H and O–H groups in total. The maximum absolute atomic E-state index is 11.8. The topological polar surface area (TPSA) is 66.5 Å². The monoisotopic (exact) mass is 298 g/mol. The summed E-state index contributed by atoms with van der Waals surface area (Å²) in [7, 11) is -3.49. The maximum atomic E-state index is 11.8. The summed E-state index contributed by atoms with van der Waals surface area (Å²) < 4.78 is 24.8. The van der Waals surface area contributed by atoms with E-state index in [0.29, 0.717) is 12.2 Å². The predicted molar refractivity (Wildman–Crippen MR) is 81.3 cm³/mol. The summed E-state index contributed by atoms with van der Waals surface area (Å²) in [6.07, 6.45) is 2.81. The van der Waals surface area contributed by atoms with Crippen molar-refractivity contribution in [2.24, 2.45) is 0 Å². The van der Waals surface area contributed by atoms with E-state index >= 15 is 0 Å². The van der Waals surface area contributed by atoms with Gasteiger partial charge in [0.05, 0.1) is 11.9 Å². The summed E-state index contributed by atoms with van der Waals surface area (Å²) in [5, 5.41) is 2.68. The van der Waals surface area contributed by atoms with Crippen LogP contribution < -0.4 is 9.62 Å². The van der Waals surface area contributed by atoms with Crippen LogP contribution in [-0.2, 0) is 21.2 Å². The average Bonchev–Trinajstić information content (AvgIpc) is 2.41. The third-order valence-electron chi connectivity index (χ3n) is 2.89. The smallest absolute Gasteiger partial charge is 0.240 e. The van der Waals surface area contributed by atoms with Crippen molar-refractivity contribution in [2.75, 3.05) is 23.7 Å². The van der Waals surface area contributed by atoms with E-state index in [4.69, 9.17) is 0 Å². The summed E-state index contributed by atoms with van der Waals surface area (Å²) in [6.45, 7) is 4.33. The molecule has 0 fully saturated rings. The molecule has 1 aromatic carbocycles. The summed E-state index contributed by atoms with van der Waals surface area (Å²) in [5.41, 5.74) is 1.63. The quantitative estimate of drug-likeness (QED) is 0.830. The van der Waals surface area contributed by atoms with Crippen LogP contribution in [0.1, 0.15) is 25.8 Å². The highest BCUT2D eigenvalue weighted by Crippen LogP contribution is 2.18. The number of hydrogen-bond donors (Lipinski definition) is 1. The van der Waals surface area contributed by atoms with Gasteiger partial charge in [0.15, 0.2) is 0 Å². The largest absolute Gasteiger partial charge is 0.355 e. The van der Waals surface area contributed by atoms with Gasteiger partial charge in [-0.05, 0) is 30.5 Å². The summed E-state index contributed by atoms with van der Waals surface area (Å²) in [6, 6.07) is 7.20. The van der Waals surface area contributed by atoms with Crippen molar-refractivity contribution in [1.82, 2.24) is 5.32 Å². The molecule has 0 spiro atoms. The van der Waals surface area contributed by atoms with Crippen molar-refractivity contribution < 1.29 is 13.2 Å². The molecule has 0 saturated heterocycles. The van der Waals surface area contributed by atoms with Gasteiger partial charge < -0.3 is 5.32 Å². The fourth-order valence-electron chi connectivity index (χ4n) is 1.75. The number of amides is 1. The van der Waals surface area contributed by atoms with Crippen LogP contribution >= 0.6 is 0 Å². The van der Waals surface area contributed by atoms with Gasteiger partial charge in [-0.15, -0.1) is 0 Å². The molecule has 0 bridgehead atoms. The van der Waals surface area contributed by atoms with Crippen LogP contribution in [0.3, 0.4) is 0 Å². The first-order chi connectivity index (χ1) is 9.38. The van der Waals surface area contributed by atoms with Gasteiger partial charge in [-0.3, -0.25) is 9.10 Å². The van der Waals surface area contributed by atoms with Crippen LogP contribution in [0.15, 0.2) is 24.3 Å². The van der Waals surface area contributed by atoms with Crippen molar-refractivity contribution in [1.29, 1.82) is 0 Å². The van der Waals surface area contributed by atoms with Gasteiger partial charge in [0.2, 0.25) is 15.9 Å². The molecule has 1 amide bonds. The Hall–Kier alpha value is -1.56. The molecule has 0 atom stereocenters. The molecule has 6 heteroatoms. The van der Waals surface area contributed by atoms with Gasteiger partial charge in [0.1, 0.15) is 6.54 Å². The number of nitrogens with zero attached hydrogens (tertiary/aromatic N) is 1. The molecule has 5 nitrogen and oxygen atoms in total. The van der Waals surface area contributed by atoms with Crippen LogP contribution in [0.2, 0.25) is 0 Å². The molecule has 0 saturated carbocycles. The molecular weight excluding hydrogens is 276 g/mol. The van der Waals surface area contributed by atoms with Gasteiger partial charge in [0, 0.05) is 6.54 Å². The number of anilines is 1. The second-order valence-corrected chi connectivity index (χ2v) is 6.55. The third kappa shape index (κ3) is 4.85. The van der Waals surface area contributed by atoms with E-state index in [1.807, 2.05) is 26.0 Å². The zero-order valence-electron chi connectivity index (χ0n) is 12.2. The molecular formula is C14H22N2O3S. The zero-order valence-corrected chi connectivity index (χ0v) is 13.0. The van der Waals surface area contributed by atoms with E-state index in [-0.39, 0.29) is 12.5 Å². The molecule has 0 aliphatic rings. The highest BCUT2D eigenvalue weighted by Gasteiger charge is 2.20. The normalized spacial score (nSPS) is 11.2. The minimum absolute atomic E-state index is 0.190. The number of hydrogen-bond acceptors (Lipinski definition) is 3. The predicted octanol–water partition coefficient (Wildman–Crippen LogP) is 1.54. The van der Waals surface area contributed by atoms with Crippen molar-refractivity contribution in [3.05, 3.63) is 29.8 Å². The van der Waals surface area contributed by atoms with E-state index in [0.717, 1.165) is 29.0 Å². The van der Waals surface area contributed by atoms with Gasteiger partial charge in [-0.1, -0.05) is 26.0 Å². The van der Waals surface area contributed by atoms with E-state index in [9.17, 15) is 13.2 Å². The lowest BCUT2D eigenvalue weighted by atomic mass is 10.1. The highest BCUT2D eigenvalue weighted by molar-refractivity contribution is 7.92. The molecule has 0 aromatic heterocycles. The molecule has 1 rings (SSSR count). The number of carbonyl (C=O) groups excluding carboxylic acids is 1. The number of nitrogens with one attached hydrogen (secondary N) is 1. The molecule has 0 radical (unpaired) electrons. The Morgan fingerprint density at radius 1 is 1.20 bits per heavy atom. The van der Waals surface area contributed by atoms with Gasteiger partial charge in [-0.2, -0.15) is 0 Å². The number of benzene rings is 1. The Balaban J connectivity index is 2.92. The Morgan fingerprint density at radius 3 is 2.25 bits per heavy atom. The van der Waals surface area contributed by atoms with E-state index in [2.05, 4.69) is 5.32 Å². The third-order valence-corrected chi connectivity index (χ3v) is 4.03. The lowest BCUT2D eigenvalue weighted by Gasteiger charge is -2.22. The van der Waals surface area contributed by atoms with Crippen LogP contribution in [0.5, 0.6) is 0 Å². The number of sulfonamides is 1. The van der Waals surface area contributed by atoms with Crippen LogP contribution in [0, 0.1) is 0 Å². The van der Waals surface area contributed by atoms with Gasteiger partial charge in [0.25, 0.3) is 0 Å². The maximum Gasteiger partial charge on any atom is 0.240 e. The van der Waals surface area contributed by atoms with Crippen LogP contribution in [0.4, 0.5) is 5.69 Å². The van der Waals surface area contributed by atoms with Gasteiger partial charge in [-0.25, -0.2) is 8.42 Å². The van der Waals surface area contributed by atoms with E-state index < -0.39 is 10.0 Å². The number of carbonyl (C=O) groups is 1. The summed E-state index contributed by atoms with van der Waals surface area (Å²) >= 11 is 0. The van der Waals surface area contributed by atoms with Crippen molar-refractivity contribution >= 4 is 21.6 Å². The van der Waals surface area contributed by atoms with Crippen molar-refractivity contribution in [3.8, 4) is 0 Å². The zero-order chi connectivity index (χ0) is 15.2. The molecule has 0 aliphatic carbocycles. The molecule has 112 valence electrons. The first-order valence-corrected chi connectivity index (χ1v) is 8.56. The van der Waals surface area contributed by atoms with E-state index in [1.54, 1.807) is 12.1 Å². The Kier molecular flexibility index (Phi) is 6.01. The first kappa shape index (κ1) is 16.5.